The number of aromatic nitrogens is 2. The van der Waals surface area contributed by atoms with Crippen molar-refractivity contribution in [3.63, 3.8) is 0 Å². The first-order valence-electron chi connectivity index (χ1n) is 7.21. The quantitative estimate of drug-likeness (QED) is 0.774. The zero-order valence-corrected chi connectivity index (χ0v) is 13.1. The van der Waals surface area contributed by atoms with Gasteiger partial charge in [0.15, 0.2) is 5.15 Å². The Balaban J connectivity index is 2.10. The number of carboxylic acids is 1. The molecule has 0 saturated carbocycles. The van der Waals surface area contributed by atoms with Crippen molar-refractivity contribution < 1.29 is 9.90 Å². The van der Waals surface area contributed by atoms with Gasteiger partial charge in [-0.15, -0.1) is 0 Å². The van der Waals surface area contributed by atoms with Crippen LogP contribution in [0.2, 0.25) is 5.15 Å². The Morgan fingerprint density at radius 3 is 2.26 bits per heavy atom. The van der Waals surface area contributed by atoms with E-state index in [0.29, 0.717) is 18.1 Å². The van der Waals surface area contributed by atoms with Gasteiger partial charge in [-0.2, -0.15) is 0 Å². The van der Waals surface area contributed by atoms with E-state index in [1.807, 2.05) is 65.2 Å². The Labute approximate surface area is 139 Å². The topological polar surface area (TPSA) is 55.1 Å². The van der Waals surface area contributed by atoms with Gasteiger partial charge >= 0.3 is 5.97 Å². The largest absolute Gasteiger partial charge is 0.481 e. The van der Waals surface area contributed by atoms with Gasteiger partial charge in [-0.3, -0.25) is 4.79 Å². The van der Waals surface area contributed by atoms with Crippen molar-refractivity contribution in [3.8, 4) is 11.4 Å². The lowest BCUT2D eigenvalue weighted by Crippen LogP contribution is -2.10. The van der Waals surface area contributed by atoms with Crippen LogP contribution >= 0.6 is 11.6 Å². The smallest absolute Gasteiger partial charge is 0.309 e. The van der Waals surface area contributed by atoms with Crippen molar-refractivity contribution in [2.75, 3.05) is 0 Å². The van der Waals surface area contributed by atoms with E-state index in [4.69, 9.17) is 16.7 Å². The van der Waals surface area contributed by atoms with E-state index in [0.717, 1.165) is 11.1 Å². The molecule has 0 saturated heterocycles. The number of halogens is 1. The molecule has 0 atom stereocenters. The summed E-state index contributed by atoms with van der Waals surface area (Å²) in [5, 5.41) is 9.40. The molecule has 1 heterocycles. The lowest BCUT2D eigenvalue weighted by atomic mass is 10.2. The van der Waals surface area contributed by atoms with Gasteiger partial charge in [0.1, 0.15) is 5.82 Å². The standard InChI is InChI=1S/C18H15ClN2O2/c19-17-15(11-16(22)23)21(12-13-7-3-1-4-8-13)18(20-17)14-9-5-2-6-10-14/h1-10H,11-12H2,(H,22,23). The number of rotatable bonds is 5. The minimum atomic E-state index is -0.930. The maximum atomic E-state index is 11.2. The number of carboxylic acid groups (broad SMARTS) is 1. The van der Waals surface area contributed by atoms with Crippen molar-refractivity contribution >= 4 is 17.6 Å². The van der Waals surface area contributed by atoms with E-state index < -0.39 is 5.97 Å². The number of hydrogen-bond acceptors (Lipinski definition) is 2. The molecular weight excluding hydrogens is 312 g/mol. The summed E-state index contributed by atoms with van der Waals surface area (Å²) < 4.78 is 1.88. The fourth-order valence-corrected chi connectivity index (χ4v) is 2.76. The van der Waals surface area contributed by atoms with E-state index in [1.54, 1.807) is 0 Å². The molecule has 0 fully saturated rings. The summed E-state index contributed by atoms with van der Waals surface area (Å²) in [6, 6.07) is 19.5. The van der Waals surface area contributed by atoms with Gasteiger partial charge in [0.05, 0.1) is 12.1 Å². The van der Waals surface area contributed by atoms with E-state index in [-0.39, 0.29) is 11.6 Å². The van der Waals surface area contributed by atoms with Crippen LogP contribution in [0.4, 0.5) is 0 Å². The number of imidazole rings is 1. The summed E-state index contributed by atoms with van der Waals surface area (Å²) in [4.78, 5) is 15.6. The maximum Gasteiger partial charge on any atom is 0.309 e. The highest BCUT2D eigenvalue weighted by atomic mass is 35.5. The first-order valence-corrected chi connectivity index (χ1v) is 7.59. The highest BCUT2D eigenvalue weighted by Crippen LogP contribution is 2.27. The molecule has 0 unspecified atom stereocenters. The second-order valence-electron chi connectivity index (χ2n) is 5.18. The number of nitrogens with zero attached hydrogens (tertiary/aromatic N) is 2. The molecule has 3 rings (SSSR count). The van der Waals surface area contributed by atoms with Crippen molar-refractivity contribution in [3.05, 3.63) is 77.1 Å². The Kier molecular flexibility index (Phi) is 4.44. The third-order valence-electron chi connectivity index (χ3n) is 3.56. The molecule has 0 bridgehead atoms. The highest BCUT2D eigenvalue weighted by molar-refractivity contribution is 6.30. The van der Waals surface area contributed by atoms with E-state index >= 15 is 0 Å². The Morgan fingerprint density at radius 1 is 1.04 bits per heavy atom. The monoisotopic (exact) mass is 326 g/mol. The van der Waals surface area contributed by atoms with Gasteiger partial charge in [-0.1, -0.05) is 72.3 Å². The molecule has 2 aromatic carbocycles. The van der Waals surface area contributed by atoms with Gasteiger partial charge < -0.3 is 9.67 Å². The van der Waals surface area contributed by atoms with Crippen LogP contribution in [0.3, 0.4) is 0 Å². The fraction of sp³-hybridized carbons (Fsp3) is 0.111. The zero-order valence-electron chi connectivity index (χ0n) is 12.3. The van der Waals surface area contributed by atoms with E-state index in [1.165, 1.54) is 0 Å². The Bertz CT molecular complexity index is 814. The Morgan fingerprint density at radius 2 is 1.65 bits per heavy atom. The molecule has 23 heavy (non-hydrogen) atoms. The number of benzene rings is 2. The van der Waals surface area contributed by atoms with Crippen LogP contribution < -0.4 is 0 Å². The van der Waals surface area contributed by atoms with Crippen molar-refractivity contribution in [2.24, 2.45) is 0 Å². The van der Waals surface area contributed by atoms with E-state index in [9.17, 15) is 4.79 Å². The molecule has 0 amide bonds. The average Bonchev–Trinajstić information content (AvgIpc) is 2.85. The fourth-order valence-electron chi connectivity index (χ4n) is 2.51. The zero-order chi connectivity index (χ0) is 16.2. The van der Waals surface area contributed by atoms with Gasteiger partial charge in [0.2, 0.25) is 0 Å². The third-order valence-corrected chi connectivity index (χ3v) is 3.86. The number of hydrogen-bond donors (Lipinski definition) is 1. The van der Waals surface area contributed by atoms with Crippen LogP contribution in [0.1, 0.15) is 11.3 Å². The molecule has 0 radical (unpaired) electrons. The first-order chi connectivity index (χ1) is 11.1. The summed E-state index contributed by atoms with van der Waals surface area (Å²) >= 11 is 6.22. The second kappa shape index (κ2) is 6.67. The van der Waals surface area contributed by atoms with Crippen LogP contribution in [-0.2, 0) is 17.8 Å². The lowest BCUT2D eigenvalue weighted by molar-refractivity contribution is -0.136. The minimum absolute atomic E-state index is 0.161. The van der Waals surface area contributed by atoms with Crippen LogP contribution in [0.15, 0.2) is 60.7 Å². The minimum Gasteiger partial charge on any atom is -0.481 e. The SMILES string of the molecule is O=C(O)Cc1c(Cl)nc(-c2ccccc2)n1Cc1ccccc1. The predicted molar refractivity (Wildman–Crippen MR) is 89.6 cm³/mol. The van der Waals surface area contributed by atoms with Crippen LogP contribution in [0.5, 0.6) is 0 Å². The molecule has 4 nitrogen and oxygen atoms in total. The maximum absolute atomic E-state index is 11.2. The van der Waals surface area contributed by atoms with Gasteiger partial charge in [-0.05, 0) is 5.56 Å². The first kappa shape index (κ1) is 15.3. The second-order valence-corrected chi connectivity index (χ2v) is 5.54. The molecule has 1 aromatic heterocycles. The number of aliphatic carboxylic acids is 1. The molecule has 0 aliphatic carbocycles. The van der Waals surface area contributed by atoms with Crippen molar-refractivity contribution in [2.45, 2.75) is 13.0 Å². The molecule has 1 N–H and O–H groups in total. The molecule has 3 aromatic rings. The summed E-state index contributed by atoms with van der Waals surface area (Å²) in [6.07, 6.45) is -0.161. The Hall–Kier alpha value is -2.59. The van der Waals surface area contributed by atoms with Gasteiger partial charge in [0, 0.05) is 12.1 Å². The van der Waals surface area contributed by atoms with Gasteiger partial charge in [0.25, 0.3) is 0 Å². The van der Waals surface area contributed by atoms with Gasteiger partial charge in [-0.25, -0.2) is 4.98 Å². The normalized spacial score (nSPS) is 10.7. The van der Waals surface area contributed by atoms with Crippen molar-refractivity contribution in [1.82, 2.24) is 9.55 Å². The number of carbonyl (C=O) groups is 1. The molecular formula is C18H15ClN2O2. The van der Waals surface area contributed by atoms with Crippen LogP contribution in [-0.4, -0.2) is 20.6 Å². The third kappa shape index (κ3) is 3.43. The summed E-state index contributed by atoms with van der Waals surface area (Å²) in [7, 11) is 0. The highest BCUT2D eigenvalue weighted by Gasteiger charge is 2.19. The molecule has 0 aliphatic rings. The van der Waals surface area contributed by atoms with Crippen molar-refractivity contribution in [1.29, 1.82) is 0 Å². The predicted octanol–water partition coefficient (Wildman–Crippen LogP) is 3.88. The molecule has 0 spiro atoms. The lowest BCUT2D eigenvalue weighted by Gasteiger charge is -2.11. The molecule has 5 heteroatoms. The summed E-state index contributed by atoms with van der Waals surface area (Å²) in [5.74, 6) is -0.253. The summed E-state index contributed by atoms with van der Waals surface area (Å²) in [5.41, 5.74) is 2.48. The van der Waals surface area contributed by atoms with E-state index in [2.05, 4.69) is 4.98 Å². The molecule has 116 valence electrons. The van der Waals surface area contributed by atoms with Crippen LogP contribution in [0, 0.1) is 0 Å². The molecule has 0 aliphatic heterocycles. The average molecular weight is 327 g/mol. The van der Waals surface area contributed by atoms with Crippen LogP contribution in [0.25, 0.3) is 11.4 Å². The summed E-state index contributed by atoms with van der Waals surface area (Å²) in [6.45, 7) is 0.521.